The summed E-state index contributed by atoms with van der Waals surface area (Å²) in [6, 6.07) is 3.76. The Morgan fingerprint density at radius 1 is 1.24 bits per heavy atom. The van der Waals surface area contributed by atoms with Crippen molar-refractivity contribution in [3.63, 3.8) is 0 Å². The van der Waals surface area contributed by atoms with Gasteiger partial charge in [-0.3, -0.25) is 9.36 Å². The zero-order valence-corrected chi connectivity index (χ0v) is 11.9. The van der Waals surface area contributed by atoms with E-state index in [1.807, 2.05) is 24.6 Å². The van der Waals surface area contributed by atoms with Crippen LogP contribution in [0.15, 0.2) is 24.5 Å². The molecule has 2 heterocycles. The van der Waals surface area contributed by atoms with Gasteiger partial charge >= 0.3 is 6.18 Å². The maximum atomic E-state index is 12.2. The molecule has 0 aliphatic heterocycles. The molecular weight excluding hydrogens is 283 g/mol. The lowest BCUT2D eigenvalue weighted by molar-refractivity contribution is -0.142. The molecule has 1 N–H and O–H groups in total. The van der Waals surface area contributed by atoms with Gasteiger partial charge in [0.05, 0.1) is 11.4 Å². The number of rotatable bonds is 6. The molecule has 0 amide bonds. The van der Waals surface area contributed by atoms with Crippen LogP contribution in [0.2, 0.25) is 0 Å². The Kier molecular flexibility index (Phi) is 4.66. The molecule has 0 aromatic carbocycles. The van der Waals surface area contributed by atoms with Crippen molar-refractivity contribution in [3.05, 3.63) is 35.9 Å². The summed E-state index contributed by atoms with van der Waals surface area (Å²) in [5.41, 5.74) is 1.61. The van der Waals surface area contributed by atoms with Crippen molar-refractivity contribution in [2.24, 2.45) is 0 Å². The third kappa shape index (κ3) is 4.59. The first-order valence-electron chi connectivity index (χ1n) is 6.67. The fraction of sp³-hybridized carbons (Fsp3) is 0.538. The van der Waals surface area contributed by atoms with Gasteiger partial charge in [-0.2, -0.15) is 23.4 Å². The summed E-state index contributed by atoms with van der Waals surface area (Å²) in [6.45, 7) is 4.01. The van der Waals surface area contributed by atoms with E-state index in [-0.39, 0.29) is 6.04 Å². The van der Waals surface area contributed by atoms with E-state index in [4.69, 9.17) is 0 Å². The maximum absolute atomic E-state index is 12.2. The predicted molar refractivity (Wildman–Crippen MR) is 71.4 cm³/mol. The van der Waals surface area contributed by atoms with Gasteiger partial charge in [0.1, 0.15) is 6.54 Å². The van der Waals surface area contributed by atoms with Crippen molar-refractivity contribution in [2.45, 2.75) is 45.7 Å². The molecule has 21 heavy (non-hydrogen) atoms. The number of nitrogens with zero attached hydrogens (tertiary/aromatic N) is 4. The largest absolute Gasteiger partial charge is 0.408 e. The van der Waals surface area contributed by atoms with Gasteiger partial charge < -0.3 is 5.32 Å². The van der Waals surface area contributed by atoms with Crippen LogP contribution in [-0.2, 0) is 19.6 Å². The standard InChI is InChI=1S/C13H18F3N5/c1-10(2)21-12(3-5-18-21)8-17-7-11-4-6-20(19-11)9-13(14,15)16/h3-6,10,17H,7-9H2,1-2H3. The van der Waals surface area contributed by atoms with E-state index in [1.165, 1.54) is 6.20 Å². The van der Waals surface area contributed by atoms with Crippen LogP contribution in [-0.4, -0.2) is 25.7 Å². The topological polar surface area (TPSA) is 47.7 Å². The van der Waals surface area contributed by atoms with E-state index in [9.17, 15) is 13.2 Å². The molecule has 0 bridgehead atoms. The zero-order valence-electron chi connectivity index (χ0n) is 11.9. The van der Waals surface area contributed by atoms with Crippen molar-refractivity contribution in [1.82, 2.24) is 24.9 Å². The molecule has 0 aliphatic carbocycles. The molecule has 0 unspecified atom stereocenters. The van der Waals surface area contributed by atoms with Gasteiger partial charge in [0.2, 0.25) is 0 Å². The number of alkyl halides is 3. The first-order valence-corrected chi connectivity index (χ1v) is 6.67. The van der Waals surface area contributed by atoms with E-state index in [0.29, 0.717) is 18.8 Å². The van der Waals surface area contributed by atoms with Crippen LogP contribution in [0, 0.1) is 0 Å². The first kappa shape index (κ1) is 15.6. The third-order valence-corrected chi connectivity index (χ3v) is 2.89. The fourth-order valence-corrected chi connectivity index (χ4v) is 2.04. The van der Waals surface area contributed by atoms with E-state index < -0.39 is 12.7 Å². The summed E-state index contributed by atoms with van der Waals surface area (Å²) >= 11 is 0. The van der Waals surface area contributed by atoms with Crippen LogP contribution in [0.5, 0.6) is 0 Å². The minimum Gasteiger partial charge on any atom is -0.305 e. The molecule has 0 saturated heterocycles. The van der Waals surface area contributed by atoms with E-state index >= 15 is 0 Å². The Hall–Kier alpha value is -1.83. The van der Waals surface area contributed by atoms with Crippen LogP contribution in [0.25, 0.3) is 0 Å². The van der Waals surface area contributed by atoms with Gasteiger partial charge in [-0.15, -0.1) is 0 Å². The van der Waals surface area contributed by atoms with Crippen molar-refractivity contribution >= 4 is 0 Å². The highest BCUT2D eigenvalue weighted by molar-refractivity contribution is 5.03. The van der Waals surface area contributed by atoms with Crippen LogP contribution < -0.4 is 5.32 Å². The minimum absolute atomic E-state index is 0.266. The molecule has 2 aromatic rings. The average Bonchev–Trinajstić information content (AvgIpc) is 2.96. The predicted octanol–water partition coefficient (Wildman–Crippen LogP) is 2.51. The Labute approximate surface area is 120 Å². The summed E-state index contributed by atoms with van der Waals surface area (Å²) in [7, 11) is 0. The number of aromatic nitrogens is 4. The smallest absolute Gasteiger partial charge is 0.305 e. The number of halogens is 3. The molecule has 116 valence electrons. The van der Waals surface area contributed by atoms with Crippen LogP contribution in [0.4, 0.5) is 13.2 Å². The Morgan fingerprint density at radius 3 is 2.67 bits per heavy atom. The van der Waals surface area contributed by atoms with Crippen molar-refractivity contribution < 1.29 is 13.2 Å². The normalized spacial score (nSPS) is 12.3. The Balaban J connectivity index is 1.85. The molecule has 0 aliphatic rings. The van der Waals surface area contributed by atoms with Crippen LogP contribution in [0.1, 0.15) is 31.3 Å². The molecule has 0 atom stereocenters. The average molecular weight is 301 g/mol. The maximum Gasteiger partial charge on any atom is 0.408 e. The lowest BCUT2D eigenvalue weighted by Crippen LogP contribution is -2.19. The van der Waals surface area contributed by atoms with Gasteiger partial charge in [0.25, 0.3) is 0 Å². The number of hydrogen-bond acceptors (Lipinski definition) is 3. The second-order valence-corrected chi connectivity index (χ2v) is 5.08. The highest BCUT2D eigenvalue weighted by Gasteiger charge is 2.28. The SMILES string of the molecule is CC(C)n1nccc1CNCc1ccn(CC(F)(F)F)n1. The van der Waals surface area contributed by atoms with Gasteiger partial charge in [-0.25, -0.2) is 0 Å². The molecule has 2 rings (SSSR count). The highest BCUT2D eigenvalue weighted by atomic mass is 19.4. The third-order valence-electron chi connectivity index (χ3n) is 2.89. The molecule has 8 heteroatoms. The minimum atomic E-state index is -4.25. The second-order valence-electron chi connectivity index (χ2n) is 5.08. The molecule has 0 fully saturated rings. The van der Waals surface area contributed by atoms with Crippen molar-refractivity contribution in [1.29, 1.82) is 0 Å². The number of hydrogen-bond donors (Lipinski definition) is 1. The van der Waals surface area contributed by atoms with Crippen molar-refractivity contribution in [3.8, 4) is 0 Å². The highest BCUT2D eigenvalue weighted by Crippen LogP contribution is 2.16. The van der Waals surface area contributed by atoms with E-state index in [0.717, 1.165) is 10.4 Å². The lowest BCUT2D eigenvalue weighted by Gasteiger charge is -2.11. The monoisotopic (exact) mass is 301 g/mol. The molecule has 0 saturated carbocycles. The van der Waals surface area contributed by atoms with Crippen LogP contribution in [0.3, 0.4) is 0 Å². The number of nitrogens with one attached hydrogen (secondary N) is 1. The summed E-state index contributed by atoms with van der Waals surface area (Å²) in [6.07, 6.45) is -1.18. The molecule has 0 spiro atoms. The molecule has 2 aromatic heterocycles. The van der Waals surface area contributed by atoms with Gasteiger partial charge in [0.15, 0.2) is 0 Å². The van der Waals surface area contributed by atoms with Gasteiger partial charge in [-0.05, 0) is 26.0 Å². The molecule has 0 radical (unpaired) electrons. The lowest BCUT2D eigenvalue weighted by atomic mass is 10.3. The van der Waals surface area contributed by atoms with Gasteiger partial charge in [-0.1, -0.05) is 0 Å². The summed E-state index contributed by atoms with van der Waals surface area (Å²) in [5, 5.41) is 11.3. The van der Waals surface area contributed by atoms with Crippen LogP contribution >= 0.6 is 0 Å². The fourth-order valence-electron chi connectivity index (χ4n) is 2.04. The second kappa shape index (κ2) is 6.30. The van der Waals surface area contributed by atoms with Crippen molar-refractivity contribution in [2.75, 3.05) is 0 Å². The molecular formula is C13H18F3N5. The Bertz CT molecular complexity index is 570. The van der Waals surface area contributed by atoms with E-state index in [2.05, 4.69) is 15.5 Å². The zero-order chi connectivity index (χ0) is 15.5. The summed E-state index contributed by atoms with van der Waals surface area (Å²) in [4.78, 5) is 0. The Morgan fingerprint density at radius 2 is 2.00 bits per heavy atom. The van der Waals surface area contributed by atoms with E-state index in [1.54, 1.807) is 12.3 Å². The first-order chi connectivity index (χ1) is 9.85. The van der Waals surface area contributed by atoms with Gasteiger partial charge in [0, 0.05) is 31.5 Å². The summed E-state index contributed by atoms with van der Waals surface area (Å²) < 4.78 is 39.5. The molecule has 5 nitrogen and oxygen atoms in total. The summed E-state index contributed by atoms with van der Waals surface area (Å²) in [5.74, 6) is 0. The quantitative estimate of drug-likeness (QED) is 0.892.